The van der Waals surface area contributed by atoms with E-state index in [1.54, 1.807) is 4.90 Å². The van der Waals surface area contributed by atoms with E-state index in [9.17, 15) is 4.79 Å². The number of hydrogen-bond acceptors (Lipinski definition) is 5. The molecule has 0 unspecified atom stereocenters. The number of nitrogens with one attached hydrogen (secondary N) is 2. The monoisotopic (exact) mass is 321 g/mol. The maximum absolute atomic E-state index is 12.1. The van der Waals surface area contributed by atoms with E-state index in [1.807, 2.05) is 31.6 Å². The highest BCUT2D eigenvalue weighted by Gasteiger charge is 2.28. The number of likely N-dealkylation sites (tertiary alicyclic amines) is 1. The molecule has 1 aromatic rings. The van der Waals surface area contributed by atoms with Crippen LogP contribution in [0, 0.1) is 0 Å². The van der Waals surface area contributed by atoms with Gasteiger partial charge in [-0.05, 0) is 33.6 Å². The number of carbonyl (C=O) groups is 1. The molecule has 7 nitrogen and oxygen atoms in total. The Kier molecular flexibility index (Phi) is 4.48. The zero-order valence-corrected chi connectivity index (χ0v) is 14.2. The summed E-state index contributed by atoms with van der Waals surface area (Å²) in [5.41, 5.74) is 0.637. The number of anilines is 1. The molecule has 0 aromatic carbocycles. The largest absolute Gasteiger partial charge is 0.444 e. The highest BCUT2D eigenvalue weighted by atomic mass is 16.6. The third kappa shape index (κ3) is 4.16. The molecule has 1 amide bonds. The van der Waals surface area contributed by atoms with Crippen LogP contribution < -0.4 is 10.6 Å². The molecular weight excluding hydrogens is 294 g/mol. The second kappa shape index (κ2) is 6.39. The van der Waals surface area contributed by atoms with Crippen molar-refractivity contribution in [3.8, 4) is 0 Å². The lowest BCUT2D eigenvalue weighted by Crippen LogP contribution is -2.51. The molecule has 23 heavy (non-hydrogen) atoms. The molecule has 0 bridgehead atoms. The second-order valence-electron chi connectivity index (χ2n) is 7.41. The predicted molar refractivity (Wildman–Crippen MR) is 88.6 cm³/mol. The number of rotatable bonds is 3. The molecule has 1 aromatic heterocycles. The Bertz CT molecular complexity index is 539. The van der Waals surface area contributed by atoms with E-state index in [4.69, 9.17) is 4.74 Å². The SMILES string of the molecule is CC(C)(C)OC(=O)N1CCC(n2cc(NC3CNC3)cn2)CC1. The molecule has 2 N–H and O–H groups in total. The summed E-state index contributed by atoms with van der Waals surface area (Å²) in [6.07, 6.45) is 5.57. The van der Waals surface area contributed by atoms with Gasteiger partial charge in [0.25, 0.3) is 0 Å². The van der Waals surface area contributed by atoms with Crippen LogP contribution in [0.5, 0.6) is 0 Å². The molecule has 0 atom stereocenters. The molecule has 2 aliphatic rings. The summed E-state index contributed by atoms with van der Waals surface area (Å²) in [7, 11) is 0. The van der Waals surface area contributed by atoms with Crippen molar-refractivity contribution >= 4 is 11.8 Å². The second-order valence-corrected chi connectivity index (χ2v) is 7.41. The van der Waals surface area contributed by atoms with E-state index >= 15 is 0 Å². The van der Waals surface area contributed by atoms with Crippen LogP contribution in [0.15, 0.2) is 12.4 Å². The smallest absolute Gasteiger partial charge is 0.410 e. The summed E-state index contributed by atoms with van der Waals surface area (Å²) in [6.45, 7) is 9.15. The Hall–Kier alpha value is -1.76. The first-order chi connectivity index (χ1) is 10.9. The molecule has 2 fully saturated rings. The minimum Gasteiger partial charge on any atom is -0.444 e. The molecule has 7 heteroatoms. The van der Waals surface area contributed by atoms with Gasteiger partial charge in [-0.15, -0.1) is 0 Å². The van der Waals surface area contributed by atoms with Crippen LogP contribution in [0.3, 0.4) is 0 Å². The normalized spacial score (nSPS) is 20.2. The fourth-order valence-corrected chi connectivity index (χ4v) is 2.88. The lowest BCUT2D eigenvalue weighted by atomic mass is 10.1. The predicted octanol–water partition coefficient (Wildman–Crippen LogP) is 1.84. The molecule has 0 spiro atoms. The van der Waals surface area contributed by atoms with E-state index in [0.29, 0.717) is 12.1 Å². The van der Waals surface area contributed by atoms with Crippen LogP contribution in [0.1, 0.15) is 39.7 Å². The van der Waals surface area contributed by atoms with Crippen molar-refractivity contribution in [2.75, 3.05) is 31.5 Å². The average Bonchev–Trinajstić information content (AvgIpc) is 2.90. The Labute approximate surface area is 137 Å². The third-order valence-electron chi connectivity index (χ3n) is 4.24. The van der Waals surface area contributed by atoms with Crippen molar-refractivity contribution in [3.05, 3.63) is 12.4 Å². The molecule has 0 saturated carbocycles. The summed E-state index contributed by atoms with van der Waals surface area (Å²) in [5, 5.41) is 11.2. The Balaban J connectivity index is 1.49. The summed E-state index contributed by atoms with van der Waals surface area (Å²) in [4.78, 5) is 13.9. The molecule has 0 aliphatic carbocycles. The van der Waals surface area contributed by atoms with Crippen LogP contribution in [-0.4, -0.2) is 58.6 Å². The van der Waals surface area contributed by atoms with Crippen molar-refractivity contribution in [2.45, 2.75) is 51.3 Å². The molecule has 3 rings (SSSR count). The van der Waals surface area contributed by atoms with Crippen molar-refractivity contribution < 1.29 is 9.53 Å². The maximum Gasteiger partial charge on any atom is 0.410 e. The molecule has 2 saturated heterocycles. The zero-order chi connectivity index (χ0) is 16.4. The van der Waals surface area contributed by atoms with Gasteiger partial charge in [0.05, 0.1) is 24.0 Å². The van der Waals surface area contributed by atoms with Crippen LogP contribution in [0.2, 0.25) is 0 Å². The number of amides is 1. The summed E-state index contributed by atoms with van der Waals surface area (Å²) < 4.78 is 7.46. The van der Waals surface area contributed by atoms with Gasteiger partial charge in [-0.25, -0.2) is 4.79 Å². The van der Waals surface area contributed by atoms with Gasteiger partial charge in [-0.2, -0.15) is 5.10 Å². The Morgan fingerprint density at radius 3 is 2.61 bits per heavy atom. The van der Waals surface area contributed by atoms with Crippen LogP contribution >= 0.6 is 0 Å². The molecule has 128 valence electrons. The lowest BCUT2D eigenvalue weighted by Gasteiger charge is -2.33. The maximum atomic E-state index is 12.1. The van der Waals surface area contributed by atoms with Crippen LogP contribution in [0.25, 0.3) is 0 Å². The Morgan fingerprint density at radius 2 is 2.04 bits per heavy atom. The number of hydrogen-bond donors (Lipinski definition) is 2. The average molecular weight is 321 g/mol. The topological polar surface area (TPSA) is 71.4 Å². The molecule has 2 aliphatic heterocycles. The number of aromatic nitrogens is 2. The van der Waals surface area contributed by atoms with Gasteiger partial charge < -0.3 is 20.3 Å². The standard InChI is InChI=1S/C16H27N5O2/c1-16(2,3)23-15(22)20-6-4-14(5-7-20)21-11-13(10-18-21)19-12-8-17-9-12/h10-12,14,17,19H,4-9H2,1-3H3. The van der Waals surface area contributed by atoms with E-state index in [0.717, 1.165) is 44.7 Å². The van der Waals surface area contributed by atoms with Gasteiger partial charge in [0, 0.05) is 32.4 Å². The van der Waals surface area contributed by atoms with E-state index in [-0.39, 0.29) is 6.09 Å². The quantitative estimate of drug-likeness (QED) is 0.889. The fourth-order valence-electron chi connectivity index (χ4n) is 2.88. The summed E-state index contributed by atoms with van der Waals surface area (Å²) in [6, 6.07) is 0.866. The van der Waals surface area contributed by atoms with Crippen molar-refractivity contribution in [1.29, 1.82) is 0 Å². The first-order valence-electron chi connectivity index (χ1n) is 8.40. The van der Waals surface area contributed by atoms with Gasteiger partial charge in [-0.3, -0.25) is 4.68 Å². The van der Waals surface area contributed by atoms with Crippen molar-refractivity contribution in [3.63, 3.8) is 0 Å². The number of ether oxygens (including phenoxy) is 1. The molecular formula is C16H27N5O2. The third-order valence-corrected chi connectivity index (χ3v) is 4.24. The highest BCUT2D eigenvalue weighted by molar-refractivity contribution is 5.68. The lowest BCUT2D eigenvalue weighted by molar-refractivity contribution is 0.0185. The van der Waals surface area contributed by atoms with E-state index in [2.05, 4.69) is 21.9 Å². The van der Waals surface area contributed by atoms with Gasteiger partial charge in [0.15, 0.2) is 0 Å². The first-order valence-corrected chi connectivity index (χ1v) is 8.40. The Morgan fingerprint density at radius 1 is 1.35 bits per heavy atom. The molecule has 0 radical (unpaired) electrons. The molecule has 3 heterocycles. The van der Waals surface area contributed by atoms with Gasteiger partial charge in [-0.1, -0.05) is 0 Å². The van der Waals surface area contributed by atoms with Crippen LogP contribution in [0.4, 0.5) is 10.5 Å². The fraction of sp³-hybridized carbons (Fsp3) is 0.750. The number of nitrogens with zero attached hydrogens (tertiary/aromatic N) is 3. The summed E-state index contributed by atoms with van der Waals surface area (Å²) >= 11 is 0. The highest BCUT2D eigenvalue weighted by Crippen LogP contribution is 2.24. The number of piperidine rings is 1. The summed E-state index contributed by atoms with van der Waals surface area (Å²) in [5.74, 6) is 0. The van der Waals surface area contributed by atoms with E-state index in [1.165, 1.54) is 0 Å². The minimum absolute atomic E-state index is 0.212. The zero-order valence-electron chi connectivity index (χ0n) is 14.2. The van der Waals surface area contributed by atoms with Crippen molar-refractivity contribution in [1.82, 2.24) is 20.0 Å². The van der Waals surface area contributed by atoms with Crippen molar-refractivity contribution in [2.24, 2.45) is 0 Å². The first kappa shape index (κ1) is 16.1. The van der Waals surface area contributed by atoms with Gasteiger partial charge in [0.2, 0.25) is 0 Å². The minimum atomic E-state index is -0.438. The van der Waals surface area contributed by atoms with E-state index < -0.39 is 5.60 Å². The number of carbonyl (C=O) groups excluding carboxylic acids is 1. The van der Waals surface area contributed by atoms with Gasteiger partial charge in [0.1, 0.15) is 5.60 Å². The van der Waals surface area contributed by atoms with Crippen LogP contribution in [-0.2, 0) is 4.74 Å². The van der Waals surface area contributed by atoms with Gasteiger partial charge >= 0.3 is 6.09 Å².